The van der Waals surface area contributed by atoms with E-state index in [4.69, 9.17) is 0 Å². The van der Waals surface area contributed by atoms with Crippen molar-refractivity contribution in [3.05, 3.63) is 84.7 Å². The van der Waals surface area contributed by atoms with Gasteiger partial charge in [-0.15, -0.1) is 0 Å². The summed E-state index contributed by atoms with van der Waals surface area (Å²) in [5.41, 5.74) is 2.66. The average Bonchev–Trinajstić information content (AvgIpc) is 3.36. The van der Waals surface area contributed by atoms with E-state index in [0.717, 1.165) is 15.9 Å². The van der Waals surface area contributed by atoms with Crippen LogP contribution in [-0.4, -0.2) is 54.7 Å². The molecular weight excluding hydrogens is 492 g/mol. The van der Waals surface area contributed by atoms with Crippen molar-refractivity contribution in [3.8, 4) is 22.0 Å². The van der Waals surface area contributed by atoms with Crippen LogP contribution >= 0.6 is 11.3 Å². The highest BCUT2D eigenvalue weighted by molar-refractivity contribution is 7.21. The Balaban J connectivity index is 1.50. The van der Waals surface area contributed by atoms with Gasteiger partial charge in [0.25, 0.3) is 5.91 Å². The number of carbonyl (C=O) groups is 2. The minimum Gasteiger partial charge on any atom is -0.480 e. The van der Waals surface area contributed by atoms with Crippen molar-refractivity contribution < 1.29 is 19.8 Å². The van der Waals surface area contributed by atoms with Gasteiger partial charge in [-0.3, -0.25) is 4.79 Å². The lowest BCUT2D eigenvalue weighted by molar-refractivity contribution is -0.138. The zero-order valence-corrected chi connectivity index (χ0v) is 20.0. The number of nitrogens with zero attached hydrogens (tertiary/aromatic N) is 4. The minimum atomic E-state index is -1.30. The molecule has 1 atom stereocenters. The summed E-state index contributed by atoms with van der Waals surface area (Å²) in [6, 6.07) is 20.0. The third-order valence-corrected chi connectivity index (χ3v) is 6.38. The second kappa shape index (κ2) is 10.5. The minimum absolute atomic E-state index is 0.0131. The van der Waals surface area contributed by atoms with E-state index >= 15 is 0 Å². The van der Waals surface area contributed by atoms with Gasteiger partial charge in [-0.05, 0) is 24.3 Å². The fourth-order valence-corrected chi connectivity index (χ4v) is 4.51. The number of thiazole rings is 1. The molecule has 1 unspecified atom stereocenters. The Labute approximate surface area is 214 Å². The van der Waals surface area contributed by atoms with Gasteiger partial charge in [-0.25, -0.2) is 24.7 Å². The van der Waals surface area contributed by atoms with Crippen LogP contribution in [0, 0.1) is 0 Å². The number of hydrogen-bond acceptors (Lipinski definition) is 9. The molecule has 0 aliphatic heterocycles. The number of carboxylic acid groups (broad SMARTS) is 1. The smallest absolute Gasteiger partial charge is 0.328 e. The number of para-hydroxylation sites is 1. The quantitative estimate of drug-likeness (QED) is 0.242. The maximum Gasteiger partial charge on any atom is 0.328 e. The van der Waals surface area contributed by atoms with Crippen molar-refractivity contribution in [1.82, 2.24) is 19.9 Å². The van der Waals surface area contributed by atoms with Crippen LogP contribution in [0.25, 0.3) is 32.3 Å². The lowest BCUT2D eigenvalue weighted by atomic mass is 10.1. The van der Waals surface area contributed by atoms with Crippen LogP contribution in [-0.2, 0) is 4.79 Å². The largest absolute Gasteiger partial charge is 0.480 e. The van der Waals surface area contributed by atoms with Crippen molar-refractivity contribution in [2.75, 3.05) is 17.2 Å². The first kappa shape index (κ1) is 24.0. The zero-order valence-electron chi connectivity index (χ0n) is 19.2. The molecule has 11 heteroatoms. The Morgan fingerprint density at radius 3 is 2.49 bits per heavy atom. The van der Waals surface area contributed by atoms with Gasteiger partial charge < -0.3 is 20.8 Å². The molecule has 0 bridgehead atoms. The summed E-state index contributed by atoms with van der Waals surface area (Å²) in [6.07, 6.45) is 1.70. The van der Waals surface area contributed by atoms with Gasteiger partial charge in [0, 0.05) is 23.4 Å². The van der Waals surface area contributed by atoms with E-state index in [2.05, 4.69) is 30.6 Å². The number of carboxylic acids is 1. The number of carbonyl (C=O) groups excluding carboxylic acids is 1. The highest BCUT2D eigenvalue weighted by Crippen LogP contribution is 2.33. The second-order valence-corrected chi connectivity index (χ2v) is 8.87. The molecule has 0 spiro atoms. The summed E-state index contributed by atoms with van der Waals surface area (Å²) in [5.74, 6) is -1.47. The molecule has 4 N–H and O–H groups in total. The van der Waals surface area contributed by atoms with E-state index in [0.29, 0.717) is 16.3 Å². The van der Waals surface area contributed by atoms with Crippen LogP contribution in [0.15, 0.2) is 79.0 Å². The van der Waals surface area contributed by atoms with E-state index in [-0.39, 0.29) is 17.3 Å². The summed E-state index contributed by atoms with van der Waals surface area (Å²) in [6.45, 7) is -0.661. The standard InChI is InChI=1S/C26H20N6O4S/c33-14-20(26(35)36)28-21-13-19(29-22(32-21)15-7-2-1-3-8-15)23(34)30-17-10-5-4-9-16(17)24-31-18-11-6-12-27-25(18)37-24/h1-13,20,33H,14H2,(H,30,34)(H,35,36)(H,28,29,32). The van der Waals surface area contributed by atoms with Gasteiger partial charge in [-0.2, -0.15) is 0 Å². The van der Waals surface area contributed by atoms with Crippen LogP contribution in [0.5, 0.6) is 0 Å². The molecule has 37 heavy (non-hydrogen) atoms. The second-order valence-electron chi connectivity index (χ2n) is 7.89. The Kier molecular flexibility index (Phi) is 6.79. The summed E-state index contributed by atoms with van der Waals surface area (Å²) in [4.78, 5) is 43.4. The summed E-state index contributed by atoms with van der Waals surface area (Å²) in [7, 11) is 0. The van der Waals surface area contributed by atoms with E-state index in [1.54, 1.807) is 42.6 Å². The number of aliphatic hydroxyl groups excluding tert-OH is 1. The number of aliphatic hydroxyl groups is 1. The molecule has 3 aromatic heterocycles. The van der Waals surface area contributed by atoms with E-state index in [1.165, 1.54) is 17.4 Å². The fourth-order valence-electron chi connectivity index (χ4n) is 3.57. The molecule has 5 aromatic rings. The van der Waals surface area contributed by atoms with Gasteiger partial charge >= 0.3 is 5.97 Å². The summed E-state index contributed by atoms with van der Waals surface area (Å²) >= 11 is 1.41. The van der Waals surface area contributed by atoms with Gasteiger partial charge in [0.1, 0.15) is 32.9 Å². The zero-order chi connectivity index (χ0) is 25.8. The van der Waals surface area contributed by atoms with Crippen LogP contribution in [0.1, 0.15) is 10.5 Å². The van der Waals surface area contributed by atoms with E-state index < -0.39 is 24.5 Å². The SMILES string of the molecule is O=C(Nc1ccccc1-c1nc2cccnc2s1)c1cc(NC(CO)C(=O)O)nc(-c2ccccc2)n1. The van der Waals surface area contributed by atoms with Crippen molar-refractivity contribution >= 4 is 45.1 Å². The van der Waals surface area contributed by atoms with Crippen LogP contribution in [0.4, 0.5) is 11.5 Å². The molecule has 0 fully saturated rings. The van der Waals surface area contributed by atoms with E-state index in [1.807, 2.05) is 30.3 Å². The number of aliphatic carboxylic acids is 1. The van der Waals surface area contributed by atoms with Crippen molar-refractivity contribution in [1.29, 1.82) is 0 Å². The molecule has 5 rings (SSSR count). The number of benzene rings is 2. The maximum atomic E-state index is 13.4. The molecule has 0 aliphatic carbocycles. The lowest BCUT2D eigenvalue weighted by Crippen LogP contribution is -2.33. The molecule has 0 radical (unpaired) electrons. The number of pyridine rings is 1. The third-order valence-electron chi connectivity index (χ3n) is 5.37. The van der Waals surface area contributed by atoms with Crippen molar-refractivity contribution in [2.45, 2.75) is 6.04 Å². The lowest BCUT2D eigenvalue weighted by Gasteiger charge is -2.15. The number of anilines is 2. The van der Waals surface area contributed by atoms with Gasteiger partial charge in [0.2, 0.25) is 0 Å². The Bertz CT molecular complexity index is 1560. The molecule has 0 aliphatic rings. The van der Waals surface area contributed by atoms with Crippen LogP contribution in [0.3, 0.4) is 0 Å². The highest BCUT2D eigenvalue weighted by atomic mass is 32.1. The van der Waals surface area contributed by atoms with Crippen molar-refractivity contribution in [3.63, 3.8) is 0 Å². The molecule has 0 saturated carbocycles. The van der Waals surface area contributed by atoms with Crippen molar-refractivity contribution in [2.24, 2.45) is 0 Å². The Hall–Kier alpha value is -4.74. The number of fused-ring (bicyclic) bond motifs is 1. The third kappa shape index (κ3) is 5.27. The number of rotatable bonds is 8. The predicted molar refractivity (Wildman–Crippen MR) is 140 cm³/mol. The average molecular weight is 513 g/mol. The van der Waals surface area contributed by atoms with E-state index in [9.17, 15) is 19.8 Å². The number of amides is 1. The molecule has 184 valence electrons. The number of nitrogens with one attached hydrogen (secondary N) is 2. The molecule has 10 nitrogen and oxygen atoms in total. The monoisotopic (exact) mass is 512 g/mol. The normalized spacial score (nSPS) is 11.7. The van der Waals surface area contributed by atoms with Crippen LogP contribution < -0.4 is 10.6 Å². The number of aromatic nitrogens is 4. The first-order valence-electron chi connectivity index (χ1n) is 11.2. The fraction of sp³-hybridized carbons (Fsp3) is 0.0769. The molecule has 1 amide bonds. The molecule has 3 heterocycles. The van der Waals surface area contributed by atoms with Gasteiger partial charge in [0.15, 0.2) is 5.82 Å². The molecule has 2 aromatic carbocycles. The number of hydrogen-bond donors (Lipinski definition) is 4. The Morgan fingerprint density at radius 2 is 1.73 bits per heavy atom. The highest BCUT2D eigenvalue weighted by Gasteiger charge is 2.20. The summed E-state index contributed by atoms with van der Waals surface area (Å²) < 4.78 is 0. The predicted octanol–water partition coefficient (Wildman–Crippen LogP) is 3.93. The van der Waals surface area contributed by atoms with Gasteiger partial charge in [-0.1, -0.05) is 53.8 Å². The molecule has 0 saturated heterocycles. The summed E-state index contributed by atoms with van der Waals surface area (Å²) in [5, 5.41) is 25.0. The first-order chi connectivity index (χ1) is 18.0. The first-order valence-corrected chi connectivity index (χ1v) is 12.0. The Morgan fingerprint density at radius 1 is 0.946 bits per heavy atom. The topological polar surface area (TPSA) is 150 Å². The van der Waals surface area contributed by atoms with Gasteiger partial charge in [0.05, 0.1) is 12.3 Å². The molecular formula is C26H20N6O4S. The maximum absolute atomic E-state index is 13.4. The van der Waals surface area contributed by atoms with Crippen LogP contribution in [0.2, 0.25) is 0 Å².